The largest absolute Gasteiger partial charge is 0.469 e. The summed E-state index contributed by atoms with van der Waals surface area (Å²) in [6, 6.07) is 10.5. The summed E-state index contributed by atoms with van der Waals surface area (Å²) in [5, 5.41) is 0. The van der Waals surface area contributed by atoms with Gasteiger partial charge in [0.15, 0.2) is 0 Å². The third-order valence-corrected chi connectivity index (χ3v) is 7.14. The summed E-state index contributed by atoms with van der Waals surface area (Å²) in [6.45, 7) is 3.04. The molecule has 0 N–H and O–H groups in total. The quantitative estimate of drug-likeness (QED) is 0.727. The van der Waals surface area contributed by atoms with Gasteiger partial charge in [0.2, 0.25) is 5.91 Å². The zero-order valence-corrected chi connectivity index (χ0v) is 15.9. The molecule has 2 saturated carbocycles. The van der Waals surface area contributed by atoms with Gasteiger partial charge >= 0.3 is 5.97 Å². The highest BCUT2D eigenvalue weighted by atomic mass is 16.5. The van der Waals surface area contributed by atoms with Crippen LogP contribution in [0.4, 0.5) is 0 Å². The van der Waals surface area contributed by atoms with Crippen molar-refractivity contribution in [3.8, 4) is 0 Å². The van der Waals surface area contributed by atoms with Gasteiger partial charge in [0, 0.05) is 13.0 Å². The van der Waals surface area contributed by atoms with E-state index in [0.717, 1.165) is 45.1 Å². The van der Waals surface area contributed by atoms with Crippen LogP contribution in [0.1, 0.15) is 57.4 Å². The molecule has 0 spiro atoms. The second kappa shape index (κ2) is 6.40. The molecule has 1 amide bonds. The lowest BCUT2D eigenvalue weighted by molar-refractivity contribution is -0.148. The lowest BCUT2D eigenvalue weighted by atomic mass is 9.84. The number of amides is 1. The van der Waals surface area contributed by atoms with Crippen LogP contribution in [0.15, 0.2) is 30.3 Å². The molecular formula is C22H29NO3. The summed E-state index contributed by atoms with van der Waals surface area (Å²) < 4.78 is 5.01. The molecule has 1 heterocycles. The Morgan fingerprint density at radius 3 is 2.54 bits per heavy atom. The zero-order valence-electron chi connectivity index (χ0n) is 15.9. The first-order valence-electron chi connectivity index (χ1n) is 10.0. The van der Waals surface area contributed by atoms with Gasteiger partial charge in [-0.1, -0.05) is 37.3 Å². The molecular weight excluding hydrogens is 326 g/mol. The van der Waals surface area contributed by atoms with E-state index in [1.807, 2.05) is 6.07 Å². The first kappa shape index (κ1) is 17.6. The average molecular weight is 355 g/mol. The Morgan fingerprint density at radius 2 is 1.92 bits per heavy atom. The van der Waals surface area contributed by atoms with E-state index in [1.54, 1.807) is 0 Å². The van der Waals surface area contributed by atoms with Crippen LogP contribution >= 0.6 is 0 Å². The van der Waals surface area contributed by atoms with Crippen LogP contribution in [-0.4, -0.2) is 30.4 Å². The predicted octanol–water partition coefficient (Wildman–Crippen LogP) is 3.89. The molecule has 1 aromatic rings. The Morgan fingerprint density at radius 1 is 1.19 bits per heavy atom. The SMILES string of the molecule is CCC1(c2ccccc2)CCCN1C(=O)CC1C[C@H]1C1(C(=O)OC)CC1. The van der Waals surface area contributed by atoms with Gasteiger partial charge in [-0.15, -0.1) is 0 Å². The number of nitrogens with zero attached hydrogens (tertiary/aromatic N) is 1. The van der Waals surface area contributed by atoms with Crippen LogP contribution in [0.25, 0.3) is 0 Å². The Bertz CT molecular complexity index is 697. The lowest BCUT2D eigenvalue weighted by Crippen LogP contribution is -2.44. The van der Waals surface area contributed by atoms with Crippen LogP contribution in [0.5, 0.6) is 0 Å². The van der Waals surface area contributed by atoms with Crippen molar-refractivity contribution in [2.45, 2.75) is 57.4 Å². The maximum atomic E-state index is 13.2. The molecule has 140 valence electrons. The number of methoxy groups -OCH3 is 1. The highest BCUT2D eigenvalue weighted by Gasteiger charge is 2.65. The van der Waals surface area contributed by atoms with Gasteiger partial charge in [0.05, 0.1) is 18.1 Å². The predicted molar refractivity (Wildman–Crippen MR) is 99.3 cm³/mol. The minimum atomic E-state index is -0.258. The number of carbonyl (C=O) groups excluding carboxylic acids is 2. The van der Waals surface area contributed by atoms with Crippen LogP contribution in [0.3, 0.4) is 0 Å². The van der Waals surface area contributed by atoms with E-state index in [4.69, 9.17) is 4.74 Å². The smallest absolute Gasteiger partial charge is 0.312 e. The minimum Gasteiger partial charge on any atom is -0.469 e. The number of benzene rings is 1. The molecule has 4 rings (SSSR count). The maximum Gasteiger partial charge on any atom is 0.312 e. The van der Waals surface area contributed by atoms with E-state index in [9.17, 15) is 9.59 Å². The van der Waals surface area contributed by atoms with E-state index in [-0.39, 0.29) is 22.8 Å². The monoisotopic (exact) mass is 355 g/mol. The molecule has 4 heteroatoms. The van der Waals surface area contributed by atoms with Crippen molar-refractivity contribution in [3.05, 3.63) is 35.9 Å². The topological polar surface area (TPSA) is 46.6 Å². The first-order chi connectivity index (χ1) is 12.6. The van der Waals surface area contributed by atoms with Gasteiger partial charge in [-0.2, -0.15) is 0 Å². The lowest BCUT2D eigenvalue weighted by Gasteiger charge is -2.39. The summed E-state index contributed by atoms with van der Waals surface area (Å²) in [7, 11) is 1.48. The highest BCUT2D eigenvalue weighted by molar-refractivity contribution is 5.82. The van der Waals surface area contributed by atoms with Crippen LogP contribution < -0.4 is 0 Å². The molecule has 3 atom stereocenters. The normalized spacial score (nSPS) is 31.5. The van der Waals surface area contributed by atoms with E-state index >= 15 is 0 Å². The number of carbonyl (C=O) groups is 2. The van der Waals surface area contributed by atoms with Gasteiger partial charge in [-0.3, -0.25) is 9.59 Å². The summed E-state index contributed by atoms with van der Waals surface area (Å²) in [5.41, 5.74) is 0.850. The molecule has 0 bridgehead atoms. The molecule has 26 heavy (non-hydrogen) atoms. The average Bonchev–Trinajstić information content (AvgIpc) is 3.58. The Labute approximate surface area is 155 Å². The third-order valence-electron chi connectivity index (χ3n) is 7.14. The van der Waals surface area contributed by atoms with Crippen molar-refractivity contribution in [2.75, 3.05) is 13.7 Å². The molecule has 1 aliphatic heterocycles. The summed E-state index contributed by atoms with van der Waals surface area (Å²) >= 11 is 0. The number of esters is 1. The molecule has 2 aliphatic carbocycles. The molecule has 1 aromatic carbocycles. The van der Waals surface area contributed by atoms with E-state index in [0.29, 0.717) is 18.3 Å². The van der Waals surface area contributed by atoms with Gasteiger partial charge in [-0.05, 0) is 55.9 Å². The maximum absolute atomic E-state index is 13.2. The summed E-state index contributed by atoms with van der Waals surface area (Å²) in [4.78, 5) is 27.4. The number of ether oxygens (including phenoxy) is 1. The molecule has 0 radical (unpaired) electrons. The fourth-order valence-electron chi connectivity index (χ4n) is 5.41. The van der Waals surface area contributed by atoms with Gasteiger partial charge in [-0.25, -0.2) is 0 Å². The van der Waals surface area contributed by atoms with E-state index in [1.165, 1.54) is 12.7 Å². The van der Waals surface area contributed by atoms with E-state index in [2.05, 4.69) is 36.1 Å². The molecule has 3 fully saturated rings. The van der Waals surface area contributed by atoms with Gasteiger partial charge in [0.1, 0.15) is 0 Å². The summed E-state index contributed by atoms with van der Waals surface area (Å²) in [6.07, 6.45) is 6.50. The second-order valence-electron chi connectivity index (χ2n) is 8.35. The van der Waals surface area contributed by atoms with Crippen molar-refractivity contribution >= 4 is 11.9 Å². The molecule has 4 nitrogen and oxygen atoms in total. The summed E-state index contributed by atoms with van der Waals surface area (Å²) in [5.74, 6) is 0.913. The van der Waals surface area contributed by atoms with Crippen LogP contribution in [-0.2, 0) is 19.9 Å². The van der Waals surface area contributed by atoms with Crippen molar-refractivity contribution < 1.29 is 14.3 Å². The molecule has 1 saturated heterocycles. The highest BCUT2D eigenvalue weighted by Crippen LogP contribution is 2.65. The van der Waals surface area contributed by atoms with Crippen molar-refractivity contribution in [3.63, 3.8) is 0 Å². The fourth-order valence-corrected chi connectivity index (χ4v) is 5.41. The van der Waals surface area contributed by atoms with E-state index < -0.39 is 0 Å². The van der Waals surface area contributed by atoms with Crippen LogP contribution in [0, 0.1) is 17.3 Å². The Kier molecular flexibility index (Phi) is 4.32. The van der Waals surface area contributed by atoms with Crippen LogP contribution in [0.2, 0.25) is 0 Å². The van der Waals surface area contributed by atoms with Gasteiger partial charge in [0.25, 0.3) is 0 Å². The minimum absolute atomic E-state index is 0.0641. The van der Waals surface area contributed by atoms with Crippen molar-refractivity contribution in [2.24, 2.45) is 17.3 Å². The number of likely N-dealkylation sites (tertiary alicyclic amines) is 1. The molecule has 2 unspecified atom stereocenters. The Balaban J connectivity index is 1.46. The number of hydrogen-bond donors (Lipinski definition) is 0. The zero-order chi connectivity index (χ0) is 18.4. The number of rotatable bonds is 6. The van der Waals surface area contributed by atoms with Gasteiger partial charge < -0.3 is 9.64 Å². The standard InChI is InChI=1S/C22H29NO3/c1-3-22(17-8-5-4-6-9-17)10-7-13-23(22)19(24)15-16-14-18(16)21(11-12-21)20(25)26-2/h4-6,8-9,16,18H,3,7,10-15H2,1-2H3/t16?,18-,22?/m1/s1. The second-order valence-corrected chi connectivity index (χ2v) is 8.35. The first-order valence-corrected chi connectivity index (χ1v) is 10.0. The fraction of sp³-hybridized carbons (Fsp3) is 0.636. The number of hydrogen-bond acceptors (Lipinski definition) is 3. The molecule has 3 aliphatic rings. The third kappa shape index (κ3) is 2.65. The van der Waals surface area contributed by atoms with Crippen molar-refractivity contribution in [1.29, 1.82) is 0 Å². The molecule has 0 aromatic heterocycles. The Hall–Kier alpha value is -1.84. The van der Waals surface area contributed by atoms with Crippen molar-refractivity contribution in [1.82, 2.24) is 4.90 Å².